The van der Waals surface area contributed by atoms with E-state index in [1.54, 1.807) is 23.6 Å². The first-order valence-electron chi connectivity index (χ1n) is 7.31. The highest BCUT2D eigenvalue weighted by atomic mass is 32.1. The van der Waals surface area contributed by atoms with Gasteiger partial charge in [0.15, 0.2) is 0 Å². The predicted octanol–water partition coefficient (Wildman–Crippen LogP) is 2.83. The van der Waals surface area contributed by atoms with Crippen LogP contribution < -0.4 is 10.9 Å². The fourth-order valence-corrected chi connectivity index (χ4v) is 3.00. The molecule has 1 unspecified atom stereocenters. The third-order valence-corrected chi connectivity index (χ3v) is 4.30. The van der Waals surface area contributed by atoms with Crippen LogP contribution in [0.25, 0.3) is 0 Å². The molecule has 0 saturated carbocycles. The van der Waals surface area contributed by atoms with Gasteiger partial charge in [-0.1, -0.05) is 13.8 Å². The maximum absolute atomic E-state index is 12.3. The minimum absolute atomic E-state index is 0.133. The fraction of sp³-hybridized carbons (Fsp3) is 0.438. The molecule has 0 radical (unpaired) electrons. The first-order chi connectivity index (χ1) is 10.3. The number of thiazole rings is 1. The zero-order chi connectivity index (χ0) is 16.3. The summed E-state index contributed by atoms with van der Waals surface area (Å²) < 4.78 is 0. The SMILES string of the molecule is Cc1ncc(C(C)NC(=O)c2cc(CC(C)C)[nH]c(=O)c2)s1. The Morgan fingerprint density at radius 3 is 2.68 bits per heavy atom. The zero-order valence-electron chi connectivity index (χ0n) is 13.3. The summed E-state index contributed by atoms with van der Waals surface area (Å²) in [4.78, 5) is 32.0. The molecule has 22 heavy (non-hydrogen) atoms. The van der Waals surface area contributed by atoms with Crippen molar-refractivity contribution >= 4 is 17.2 Å². The number of pyridine rings is 1. The highest BCUT2D eigenvalue weighted by Gasteiger charge is 2.15. The predicted molar refractivity (Wildman–Crippen MR) is 88.3 cm³/mol. The molecule has 0 aromatic carbocycles. The van der Waals surface area contributed by atoms with E-state index in [0.717, 1.165) is 22.0 Å². The van der Waals surface area contributed by atoms with Crippen LogP contribution in [0.15, 0.2) is 23.1 Å². The van der Waals surface area contributed by atoms with Crippen molar-refractivity contribution in [3.05, 3.63) is 49.8 Å². The number of hydrogen-bond acceptors (Lipinski definition) is 4. The monoisotopic (exact) mass is 319 g/mol. The first kappa shape index (κ1) is 16.4. The summed E-state index contributed by atoms with van der Waals surface area (Å²) >= 11 is 1.55. The van der Waals surface area contributed by atoms with Crippen LogP contribution in [0.1, 0.15) is 52.7 Å². The molecule has 0 aliphatic rings. The first-order valence-corrected chi connectivity index (χ1v) is 8.13. The second-order valence-electron chi connectivity index (χ2n) is 5.83. The van der Waals surface area contributed by atoms with Crippen molar-refractivity contribution in [2.45, 2.75) is 40.2 Å². The lowest BCUT2D eigenvalue weighted by Crippen LogP contribution is -2.27. The molecule has 5 nitrogen and oxygen atoms in total. The van der Waals surface area contributed by atoms with E-state index in [4.69, 9.17) is 0 Å². The average Bonchev–Trinajstić information content (AvgIpc) is 2.84. The minimum atomic E-state index is -0.246. The molecule has 0 saturated heterocycles. The van der Waals surface area contributed by atoms with Gasteiger partial charge >= 0.3 is 0 Å². The van der Waals surface area contributed by atoms with Crippen molar-refractivity contribution < 1.29 is 4.79 Å². The number of aryl methyl sites for hydroxylation is 1. The molecule has 0 spiro atoms. The van der Waals surface area contributed by atoms with Gasteiger partial charge in [0.2, 0.25) is 5.56 Å². The molecule has 0 fully saturated rings. The van der Waals surface area contributed by atoms with Crippen molar-refractivity contribution in [3.8, 4) is 0 Å². The van der Waals surface area contributed by atoms with Gasteiger partial charge in [0.05, 0.1) is 11.0 Å². The lowest BCUT2D eigenvalue weighted by molar-refractivity contribution is 0.0940. The molecule has 0 aliphatic carbocycles. The summed E-state index contributed by atoms with van der Waals surface area (Å²) in [7, 11) is 0. The summed E-state index contributed by atoms with van der Waals surface area (Å²) in [6.45, 7) is 7.98. The Bertz CT molecular complexity index is 718. The molecule has 2 rings (SSSR count). The number of amides is 1. The molecule has 118 valence electrons. The number of nitrogens with one attached hydrogen (secondary N) is 2. The van der Waals surface area contributed by atoms with Crippen LogP contribution >= 0.6 is 11.3 Å². The fourth-order valence-electron chi connectivity index (χ4n) is 2.21. The number of rotatable bonds is 5. The normalized spacial score (nSPS) is 12.4. The zero-order valence-corrected chi connectivity index (χ0v) is 14.1. The Hall–Kier alpha value is -1.95. The third-order valence-electron chi connectivity index (χ3n) is 3.20. The Labute approximate surface area is 133 Å². The van der Waals surface area contributed by atoms with E-state index in [1.165, 1.54) is 6.07 Å². The summed E-state index contributed by atoms with van der Waals surface area (Å²) in [5.74, 6) is 0.169. The van der Waals surface area contributed by atoms with Gasteiger partial charge in [-0.25, -0.2) is 4.98 Å². The molecule has 2 aromatic rings. The highest BCUT2D eigenvalue weighted by molar-refractivity contribution is 7.11. The van der Waals surface area contributed by atoms with Gasteiger partial charge in [-0.15, -0.1) is 11.3 Å². The quantitative estimate of drug-likeness (QED) is 0.890. The number of H-pyrrole nitrogens is 1. The second kappa shape index (κ2) is 6.87. The standard InChI is InChI=1S/C16H21N3O2S/c1-9(2)5-13-6-12(7-15(20)19-13)16(21)18-10(3)14-8-17-11(4)22-14/h6-10H,5H2,1-4H3,(H,18,21)(H,19,20). The molecule has 1 atom stereocenters. The molecule has 2 aromatic heterocycles. The average molecular weight is 319 g/mol. The van der Waals surface area contributed by atoms with E-state index < -0.39 is 0 Å². The highest BCUT2D eigenvalue weighted by Crippen LogP contribution is 2.20. The summed E-state index contributed by atoms with van der Waals surface area (Å²) in [6, 6.07) is 2.96. The molecular weight excluding hydrogens is 298 g/mol. The van der Waals surface area contributed by atoms with E-state index in [0.29, 0.717) is 11.5 Å². The number of nitrogens with zero attached hydrogens (tertiary/aromatic N) is 1. The van der Waals surface area contributed by atoms with Gasteiger partial charge in [-0.05, 0) is 32.3 Å². The number of aromatic amines is 1. The van der Waals surface area contributed by atoms with Gasteiger partial charge in [0, 0.05) is 28.4 Å². The minimum Gasteiger partial charge on any atom is -0.345 e. The maximum Gasteiger partial charge on any atom is 0.252 e. The lowest BCUT2D eigenvalue weighted by atomic mass is 10.1. The Morgan fingerprint density at radius 2 is 2.09 bits per heavy atom. The number of hydrogen-bond donors (Lipinski definition) is 2. The van der Waals surface area contributed by atoms with Crippen LogP contribution in [-0.2, 0) is 6.42 Å². The van der Waals surface area contributed by atoms with E-state index in [1.807, 2.05) is 13.8 Å². The largest absolute Gasteiger partial charge is 0.345 e. The molecule has 0 bridgehead atoms. The van der Waals surface area contributed by atoms with Gasteiger partial charge in [-0.3, -0.25) is 9.59 Å². The van der Waals surface area contributed by atoms with Crippen LogP contribution in [0.4, 0.5) is 0 Å². The van der Waals surface area contributed by atoms with E-state index >= 15 is 0 Å². The Morgan fingerprint density at radius 1 is 1.36 bits per heavy atom. The van der Waals surface area contributed by atoms with Crippen LogP contribution in [0.5, 0.6) is 0 Å². The number of carbonyl (C=O) groups is 1. The van der Waals surface area contributed by atoms with Gasteiger partial charge in [0.25, 0.3) is 5.91 Å². The van der Waals surface area contributed by atoms with Crippen molar-refractivity contribution in [2.24, 2.45) is 5.92 Å². The Balaban J connectivity index is 2.15. The molecule has 2 heterocycles. The summed E-state index contributed by atoms with van der Waals surface area (Å²) in [6.07, 6.45) is 2.51. The molecular formula is C16H21N3O2S. The van der Waals surface area contributed by atoms with E-state index in [9.17, 15) is 9.59 Å². The van der Waals surface area contributed by atoms with Crippen molar-refractivity contribution in [3.63, 3.8) is 0 Å². The van der Waals surface area contributed by atoms with Crippen molar-refractivity contribution in [2.75, 3.05) is 0 Å². The molecule has 0 aliphatic heterocycles. The van der Waals surface area contributed by atoms with Crippen molar-refractivity contribution in [1.29, 1.82) is 0 Å². The molecule has 1 amide bonds. The number of aromatic nitrogens is 2. The molecule has 2 N–H and O–H groups in total. The van der Waals surface area contributed by atoms with Crippen molar-refractivity contribution in [1.82, 2.24) is 15.3 Å². The summed E-state index contributed by atoms with van der Waals surface area (Å²) in [5, 5.41) is 3.88. The summed E-state index contributed by atoms with van der Waals surface area (Å²) in [5.41, 5.74) is 0.936. The van der Waals surface area contributed by atoms with Crippen LogP contribution in [0, 0.1) is 12.8 Å². The van der Waals surface area contributed by atoms with Crippen LogP contribution in [-0.4, -0.2) is 15.9 Å². The number of carbonyl (C=O) groups excluding carboxylic acids is 1. The third kappa shape index (κ3) is 4.27. The Kier molecular flexibility index (Phi) is 5.13. The topological polar surface area (TPSA) is 74.8 Å². The second-order valence-corrected chi connectivity index (χ2v) is 7.10. The smallest absolute Gasteiger partial charge is 0.252 e. The van der Waals surface area contributed by atoms with Crippen LogP contribution in [0.3, 0.4) is 0 Å². The van der Waals surface area contributed by atoms with E-state index in [-0.39, 0.29) is 17.5 Å². The van der Waals surface area contributed by atoms with Gasteiger partial charge < -0.3 is 10.3 Å². The van der Waals surface area contributed by atoms with Gasteiger partial charge in [0.1, 0.15) is 0 Å². The maximum atomic E-state index is 12.3. The lowest BCUT2D eigenvalue weighted by Gasteiger charge is -2.12. The van der Waals surface area contributed by atoms with Gasteiger partial charge in [-0.2, -0.15) is 0 Å². The van der Waals surface area contributed by atoms with E-state index in [2.05, 4.69) is 29.1 Å². The van der Waals surface area contributed by atoms with Crippen LogP contribution in [0.2, 0.25) is 0 Å². The molecule has 6 heteroatoms.